The van der Waals surface area contributed by atoms with Gasteiger partial charge in [0.25, 0.3) is 0 Å². The van der Waals surface area contributed by atoms with Crippen LogP contribution in [0, 0.1) is 0 Å². The number of thioether (sulfide) groups is 1. The summed E-state index contributed by atoms with van der Waals surface area (Å²) in [6.07, 6.45) is -3.38. The molecular weight excluding hydrogens is 631 g/mol. The van der Waals surface area contributed by atoms with Crippen LogP contribution in [0.1, 0.15) is 25.3 Å². The summed E-state index contributed by atoms with van der Waals surface area (Å²) in [5.74, 6) is 0.0376. The Kier molecular flexibility index (Phi) is 9.07. The maximum Gasteiger partial charge on any atom is 0.573 e. The largest absolute Gasteiger partial charge is 0.573 e. The second kappa shape index (κ2) is 12.8. The number of hydrogen-bond donors (Lipinski definition) is 1. The van der Waals surface area contributed by atoms with Crippen molar-refractivity contribution in [3.63, 3.8) is 0 Å². The van der Waals surface area contributed by atoms with Crippen LogP contribution in [0.25, 0.3) is 17.1 Å². The number of alkyl halides is 3. The molecule has 234 valence electrons. The van der Waals surface area contributed by atoms with Crippen molar-refractivity contribution in [1.29, 1.82) is 0 Å². The topological polar surface area (TPSA) is 105 Å². The van der Waals surface area contributed by atoms with Crippen LogP contribution in [0.15, 0.2) is 72.0 Å². The predicted octanol–water partition coefficient (Wildman–Crippen LogP) is 7.34. The van der Waals surface area contributed by atoms with E-state index in [1.165, 1.54) is 51.9 Å². The third kappa shape index (κ3) is 7.40. The van der Waals surface area contributed by atoms with Gasteiger partial charge in [0.1, 0.15) is 12.1 Å². The van der Waals surface area contributed by atoms with Crippen molar-refractivity contribution in [3.05, 3.63) is 77.6 Å². The molecule has 45 heavy (non-hydrogen) atoms. The number of hydrogen-bond acceptors (Lipinski definition) is 7. The molecule has 3 amide bonds. The van der Waals surface area contributed by atoms with Gasteiger partial charge in [-0.1, -0.05) is 43.3 Å². The molecule has 1 aliphatic rings. The van der Waals surface area contributed by atoms with Crippen LogP contribution in [0.3, 0.4) is 0 Å². The molecule has 10 nitrogen and oxygen atoms in total. The normalized spacial score (nSPS) is 14.4. The number of nitrogens with zero attached hydrogens (tertiary/aromatic N) is 6. The molecule has 1 fully saturated rings. The fourth-order valence-corrected chi connectivity index (χ4v) is 5.57. The monoisotopic (exact) mass is 657 g/mol. The standard InChI is InChI=1S/C30H27ClF3N7O3S/c1-17(2)22-11-8-20(39(3)4)14-25(22)41-26(42)15-45-29(41)37-28(43)36-24-12-5-18(13-23(24)31)27-35-16-40(38-27)19-6-9-21(10-7-19)44-30(32,33)34/h5-14,16-17H,15H2,1-4H3,(H,36,43). The average molecular weight is 658 g/mol. The molecule has 2 heterocycles. The summed E-state index contributed by atoms with van der Waals surface area (Å²) in [5, 5.41) is 7.49. The number of nitrogens with one attached hydrogen (secondary N) is 1. The molecule has 0 saturated carbocycles. The number of urea groups is 1. The van der Waals surface area contributed by atoms with Crippen LogP contribution in [0.5, 0.6) is 5.75 Å². The maximum atomic E-state index is 13.0. The number of aromatic nitrogens is 3. The number of aliphatic imine (C=N–C) groups is 1. The molecule has 1 N–H and O–H groups in total. The number of halogens is 4. The first-order valence-electron chi connectivity index (χ1n) is 13.5. The smallest absolute Gasteiger partial charge is 0.406 e. The summed E-state index contributed by atoms with van der Waals surface area (Å²) in [7, 11) is 3.82. The lowest BCUT2D eigenvalue weighted by Crippen LogP contribution is -2.31. The SMILES string of the molecule is CC(C)c1ccc(N(C)C)cc1N1C(=O)CSC1=NC(=O)Nc1ccc(-c2ncn(-c3ccc(OC(F)(F)F)cc3)n2)cc1Cl. The number of benzene rings is 3. The zero-order chi connectivity index (χ0) is 32.5. The first kappa shape index (κ1) is 31.9. The van der Waals surface area contributed by atoms with E-state index in [0.29, 0.717) is 22.8 Å². The summed E-state index contributed by atoms with van der Waals surface area (Å²) < 4.78 is 42.6. The molecule has 0 bridgehead atoms. The zero-order valence-corrected chi connectivity index (χ0v) is 26.0. The van der Waals surface area contributed by atoms with Crippen molar-refractivity contribution in [1.82, 2.24) is 14.8 Å². The number of amides is 3. The molecule has 0 spiro atoms. The molecule has 4 aromatic rings. The summed E-state index contributed by atoms with van der Waals surface area (Å²) in [6, 6.07) is 15.1. The van der Waals surface area contributed by atoms with Gasteiger partial charge in [0.2, 0.25) is 5.91 Å². The average Bonchev–Trinajstić information content (AvgIpc) is 3.60. The van der Waals surface area contributed by atoms with Crippen molar-refractivity contribution in [2.75, 3.05) is 35.0 Å². The first-order valence-corrected chi connectivity index (χ1v) is 14.9. The lowest BCUT2D eigenvalue weighted by molar-refractivity contribution is -0.274. The molecule has 15 heteroatoms. The minimum atomic E-state index is -4.79. The summed E-state index contributed by atoms with van der Waals surface area (Å²) >= 11 is 7.66. The van der Waals surface area contributed by atoms with Gasteiger partial charge in [-0.25, -0.2) is 14.5 Å². The molecule has 1 aromatic heterocycles. The molecule has 1 saturated heterocycles. The van der Waals surface area contributed by atoms with Gasteiger partial charge in [-0.05, 0) is 66.1 Å². The van der Waals surface area contributed by atoms with E-state index in [2.05, 4.69) is 25.1 Å². The number of rotatable bonds is 7. The predicted molar refractivity (Wildman–Crippen MR) is 170 cm³/mol. The molecule has 3 aromatic carbocycles. The number of amidine groups is 1. The second-order valence-electron chi connectivity index (χ2n) is 10.4. The van der Waals surface area contributed by atoms with Gasteiger partial charge >= 0.3 is 12.4 Å². The van der Waals surface area contributed by atoms with Crippen LogP contribution < -0.4 is 19.9 Å². The van der Waals surface area contributed by atoms with E-state index in [9.17, 15) is 22.8 Å². The highest BCUT2D eigenvalue weighted by molar-refractivity contribution is 8.15. The lowest BCUT2D eigenvalue weighted by atomic mass is 9.99. The van der Waals surface area contributed by atoms with Crippen molar-refractivity contribution in [2.45, 2.75) is 26.1 Å². The van der Waals surface area contributed by atoms with Gasteiger partial charge in [-0.2, -0.15) is 4.99 Å². The molecule has 0 atom stereocenters. The quantitative estimate of drug-likeness (QED) is 0.222. The van der Waals surface area contributed by atoms with Crippen molar-refractivity contribution in [2.24, 2.45) is 4.99 Å². The van der Waals surface area contributed by atoms with E-state index in [-0.39, 0.29) is 39.2 Å². The highest BCUT2D eigenvalue weighted by Crippen LogP contribution is 2.36. The third-order valence-electron chi connectivity index (χ3n) is 6.65. The Balaban J connectivity index is 1.32. The minimum absolute atomic E-state index is 0.126. The molecule has 0 unspecified atom stereocenters. The zero-order valence-electron chi connectivity index (χ0n) is 24.5. The van der Waals surface area contributed by atoms with Crippen LogP contribution >= 0.6 is 23.4 Å². The lowest BCUT2D eigenvalue weighted by Gasteiger charge is -2.24. The number of carbonyl (C=O) groups excluding carboxylic acids is 2. The Labute approximate surface area is 265 Å². The minimum Gasteiger partial charge on any atom is -0.406 e. The van der Waals surface area contributed by atoms with Crippen molar-refractivity contribution >= 4 is 57.5 Å². The van der Waals surface area contributed by atoms with Crippen molar-refractivity contribution < 1.29 is 27.5 Å². The first-order chi connectivity index (χ1) is 21.3. The van der Waals surface area contributed by atoms with E-state index in [1.807, 2.05) is 51.0 Å². The highest BCUT2D eigenvalue weighted by Gasteiger charge is 2.33. The number of ether oxygens (including phenoxy) is 1. The van der Waals surface area contributed by atoms with Crippen LogP contribution in [0.4, 0.5) is 35.0 Å². The molecule has 1 aliphatic heterocycles. The van der Waals surface area contributed by atoms with Gasteiger partial charge in [0.05, 0.1) is 27.8 Å². The Morgan fingerprint density at radius 1 is 1.11 bits per heavy atom. The van der Waals surface area contributed by atoms with E-state index in [4.69, 9.17) is 11.6 Å². The molecular formula is C30H27ClF3N7O3S. The third-order valence-corrected chi connectivity index (χ3v) is 7.89. The van der Waals surface area contributed by atoms with Gasteiger partial charge in [0.15, 0.2) is 11.0 Å². The molecule has 0 radical (unpaired) electrons. The van der Waals surface area contributed by atoms with E-state index < -0.39 is 12.4 Å². The maximum absolute atomic E-state index is 13.0. The Hall–Kier alpha value is -4.56. The van der Waals surface area contributed by atoms with Gasteiger partial charge in [-0.3, -0.25) is 9.69 Å². The van der Waals surface area contributed by atoms with E-state index in [0.717, 1.165) is 11.3 Å². The molecule has 5 rings (SSSR count). The van der Waals surface area contributed by atoms with Gasteiger partial charge < -0.3 is 15.0 Å². The van der Waals surface area contributed by atoms with Gasteiger partial charge in [-0.15, -0.1) is 18.3 Å². The summed E-state index contributed by atoms with van der Waals surface area (Å²) in [5.41, 5.74) is 3.81. The fraction of sp³-hybridized carbons (Fsp3) is 0.233. The highest BCUT2D eigenvalue weighted by atomic mass is 35.5. The van der Waals surface area contributed by atoms with E-state index in [1.54, 1.807) is 18.2 Å². The van der Waals surface area contributed by atoms with Crippen LogP contribution in [-0.2, 0) is 4.79 Å². The van der Waals surface area contributed by atoms with E-state index >= 15 is 0 Å². The Bertz CT molecular complexity index is 1780. The van der Waals surface area contributed by atoms with Crippen LogP contribution in [-0.4, -0.2) is 58.1 Å². The number of carbonyl (C=O) groups is 2. The Morgan fingerprint density at radius 2 is 1.84 bits per heavy atom. The van der Waals surface area contributed by atoms with Crippen molar-refractivity contribution in [3.8, 4) is 22.8 Å². The summed E-state index contributed by atoms with van der Waals surface area (Å²) in [6.45, 7) is 4.07. The second-order valence-corrected chi connectivity index (χ2v) is 11.7. The summed E-state index contributed by atoms with van der Waals surface area (Å²) in [4.78, 5) is 37.8. The fourth-order valence-electron chi connectivity index (χ4n) is 4.48. The Morgan fingerprint density at radius 3 is 2.49 bits per heavy atom. The molecule has 0 aliphatic carbocycles. The van der Waals surface area contributed by atoms with Crippen LogP contribution in [0.2, 0.25) is 5.02 Å². The number of anilines is 3. The van der Waals surface area contributed by atoms with Gasteiger partial charge in [0, 0.05) is 25.3 Å².